The van der Waals surface area contributed by atoms with Crippen molar-refractivity contribution in [2.24, 2.45) is 5.73 Å². The van der Waals surface area contributed by atoms with Gasteiger partial charge in [0.25, 0.3) is 11.8 Å². The standard InChI is InChI=1S/C16H15N3O5/c17-14(20)9-24-13-3-1-2-10(8-13)15(21)18-11-4-6-12(7-5-11)19-16(22)23/h1-8,19H,9H2,(H2,17,20)(H,18,21)(H,22,23). The summed E-state index contributed by atoms with van der Waals surface area (Å²) in [5, 5.41) is 13.5. The van der Waals surface area contributed by atoms with Crippen LogP contribution in [0.1, 0.15) is 10.4 Å². The second-order valence-electron chi connectivity index (χ2n) is 4.74. The van der Waals surface area contributed by atoms with Crippen molar-refractivity contribution in [3.8, 4) is 5.75 Å². The number of carboxylic acid groups (broad SMARTS) is 1. The summed E-state index contributed by atoms with van der Waals surface area (Å²) in [5.74, 6) is -0.638. The van der Waals surface area contributed by atoms with Gasteiger partial charge in [-0.3, -0.25) is 14.9 Å². The number of hydrogen-bond donors (Lipinski definition) is 4. The molecular weight excluding hydrogens is 314 g/mol. The zero-order chi connectivity index (χ0) is 17.5. The molecule has 0 aromatic heterocycles. The van der Waals surface area contributed by atoms with E-state index in [4.69, 9.17) is 15.6 Å². The van der Waals surface area contributed by atoms with Crippen molar-refractivity contribution in [1.82, 2.24) is 0 Å². The number of nitrogens with one attached hydrogen (secondary N) is 2. The lowest BCUT2D eigenvalue weighted by molar-refractivity contribution is -0.119. The van der Waals surface area contributed by atoms with Crippen LogP contribution in [0.25, 0.3) is 0 Å². The molecule has 2 aromatic carbocycles. The van der Waals surface area contributed by atoms with Crippen molar-refractivity contribution < 1.29 is 24.2 Å². The van der Waals surface area contributed by atoms with Crippen molar-refractivity contribution in [3.63, 3.8) is 0 Å². The third-order valence-corrected chi connectivity index (χ3v) is 2.87. The Morgan fingerprint density at radius 3 is 2.21 bits per heavy atom. The molecule has 0 unspecified atom stereocenters. The average Bonchev–Trinajstić information content (AvgIpc) is 2.54. The number of nitrogens with two attached hydrogens (primary N) is 1. The van der Waals surface area contributed by atoms with E-state index in [9.17, 15) is 14.4 Å². The maximum atomic E-state index is 12.2. The Balaban J connectivity index is 2.02. The van der Waals surface area contributed by atoms with Gasteiger partial charge in [0.1, 0.15) is 5.75 Å². The van der Waals surface area contributed by atoms with E-state index in [0.717, 1.165) is 0 Å². The van der Waals surface area contributed by atoms with Crippen LogP contribution in [-0.4, -0.2) is 29.6 Å². The molecule has 2 aromatic rings. The molecule has 0 aliphatic carbocycles. The maximum Gasteiger partial charge on any atom is 0.409 e. The van der Waals surface area contributed by atoms with Crippen LogP contribution in [0, 0.1) is 0 Å². The molecule has 0 atom stereocenters. The first-order valence-electron chi connectivity index (χ1n) is 6.86. The van der Waals surface area contributed by atoms with E-state index in [0.29, 0.717) is 22.7 Å². The van der Waals surface area contributed by atoms with Gasteiger partial charge in [-0.2, -0.15) is 0 Å². The SMILES string of the molecule is NC(=O)COc1cccc(C(=O)Nc2ccc(NC(=O)O)cc2)c1. The molecule has 0 radical (unpaired) electrons. The summed E-state index contributed by atoms with van der Waals surface area (Å²) < 4.78 is 5.14. The van der Waals surface area contributed by atoms with Gasteiger partial charge in [-0.1, -0.05) is 6.07 Å². The van der Waals surface area contributed by atoms with Crippen LogP contribution < -0.4 is 21.1 Å². The second kappa shape index (κ2) is 7.63. The molecule has 8 heteroatoms. The zero-order valence-electron chi connectivity index (χ0n) is 12.5. The number of hydrogen-bond acceptors (Lipinski definition) is 4. The number of ether oxygens (including phenoxy) is 1. The monoisotopic (exact) mass is 329 g/mol. The zero-order valence-corrected chi connectivity index (χ0v) is 12.5. The second-order valence-corrected chi connectivity index (χ2v) is 4.74. The van der Waals surface area contributed by atoms with Gasteiger partial charge in [-0.25, -0.2) is 4.79 Å². The fourth-order valence-electron chi connectivity index (χ4n) is 1.85. The number of primary amides is 1. The third-order valence-electron chi connectivity index (χ3n) is 2.87. The predicted octanol–water partition coefficient (Wildman–Crippen LogP) is 1.89. The Labute approximate surface area is 137 Å². The van der Waals surface area contributed by atoms with Crippen molar-refractivity contribution in [1.29, 1.82) is 0 Å². The number of anilines is 2. The van der Waals surface area contributed by atoms with Gasteiger partial charge in [0.15, 0.2) is 6.61 Å². The molecule has 24 heavy (non-hydrogen) atoms. The van der Waals surface area contributed by atoms with Gasteiger partial charge >= 0.3 is 6.09 Å². The molecule has 2 rings (SSSR count). The Morgan fingerprint density at radius 1 is 1.00 bits per heavy atom. The smallest absolute Gasteiger partial charge is 0.409 e. The first-order chi connectivity index (χ1) is 11.4. The highest BCUT2D eigenvalue weighted by molar-refractivity contribution is 6.04. The first kappa shape index (κ1) is 16.8. The summed E-state index contributed by atoms with van der Waals surface area (Å²) in [6.07, 6.45) is -1.17. The van der Waals surface area contributed by atoms with E-state index < -0.39 is 12.0 Å². The Bertz CT molecular complexity index is 759. The van der Waals surface area contributed by atoms with Crippen LogP contribution in [0.5, 0.6) is 5.75 Å². The molecule has 0 bridgehead atoms. The van der Waals surface area contributed by atoms with Crippen LogP contribution in [0.3, 0.4) is 0 Å². The van der Waals surface area contributed by atoms with Crippen molar-refractivity contribution in [2.75, 3.05) is 17.2 Å². The van der Waals surface area contributed by atoms with Crippen molar-refractivity contribution in [3.05, 3.63) is 54.1 Å². The van der Waals surface area contributed by atoms with Crippen LogP contribution >= 0.6 is 0 Å². The Hall–Kier alpha value is -3.55. The lowest BCUT2D eigenvalue weighted by Gasteiger charge is -2.08. The summed E-state index contributed by atoms with van der Waals surface area (Å²) in [6.45, 7) is -0.275. The fourth-order valence-corrected chi connectivity index (χ4v) is 1.85. The van der Waals surface area contributed by atoms with Crippen molar-refractivity contribution >= 4 is 29.3 Å². The predicted molar refractivity (Wildman–Crippen MR) is 87.2 cm³/mol. The van der Waals surface area contributed by atoms with Gasteiger partial charge in [0.2, 0.25) is 0 Å². The molecule has 0 fully saturated rings. The van der Waals surface area contributed by atoms with Crippen molar-refractivity contribution in [2.45, 2.75) is 0 Å². The molecule has 0 aliphatic heterocycles. The van der Waals surface area contributed by atoms with Crippen LogP contribution in [0.2, 0.25) is 0 Å². The average molecular weight is 329 g/mol. The Kier molecular flexibility index (Phi) is 5.35. The molecule has 8 nitrogen and oxygen atoms in total. The van der Waals surface area contributed by atoms with E-state index in [1.54, 1.807) is 30.3 Å². The quantitative estimate of drug-likeness (QED) is 0.643. The summed E-state index contributed by atoms with van der Waals surface area (Å²) in [6, 6.07) is 12.5. The van der Waals surface area contributed by atoms with E-state index >= 15 is 0 Å². The van der Waals surface area contributed by atoms with Gasteiger partial charge < -0.3 is 20.9 Å². The summed E-state index contributed by atoms with van der Waals surface area (Å²) in [4.78, 5) is 33.4. The van der Waals surface area contributed by atoms with Gasteiger partial charge in [-0.15, -0.1) is 0 Å². The summed E-state index contributed by atoms with van der Waals surface area (Å²) >= 11 is 0. The number of carbonyl (C=O) groups is 3. The van der Waals surface area contributed by atoms with Gasteiger partial charge in [0.05, 0.1) is 0 Å². The molecule has 0 aliphatic rings. The van der Waals surface area contributed by atoms with Crippen LogP contribution in [0.15, 0.2) is 48.5 Å². The highest BCUT2D eigenvalue weighted by Crippen LogP contribution is 2.17. The highest BCUT2D eigenvalue weighted by Gasteiger charge is 2.08. The maximum absolute atomic E-state index is 12.2. The number of amides is 3. The van der Waals surface area contributed by atoms with E-state index in [2.05, 4.69) is 10.6 Å². The minimum atomic E-state index is -1.17. The first-order valence-corrected chi connectivity index (χ1v) is 6.86. The van der Waals surface area contributed by atoms with E-state index in [1.807, 2.05) is 0 Å². The summed E-state index contributed by atoms with van der Waals surface area (Å²) in [5.41, 5.74) is 6.23. The lowest BCUT2D eigenvalue weighted by Crippen LogP contribution is -2.20. The molecule has 5 N–H and O–H groups in total. The van der Waals surface area contributed by atoms with E-state index in [-0.39, 0.29) is 12.5 Å². The molecule has 0 saturated heterocycles. The summed E-state index contributed by atoms with van der Waals surface area (Å²) in [7, 11) is 0. The lowest BCUT2D eigenvalue weighted by atomic mass is 10.2. The number of rotatable bonds is 6. The minimum absolute atomic E-state index is 0.275. The molecule has 0 heterocycles. The van der Waals surface area contributed by atoms with E-state index in [1.165, 1.54) is 18.2 Å². The molecule has 124 valence electrons. The van der Waals surface area contributed by atoms with Gasteiger partial charge in [0, 0.05) is 16.9 Å². The normalized spacial score (nSPS) is 9.83. The highest BCUT2D eigenvalue weighted by atomic mass is 16.5. The molecule has 0 saturated carbocycles. The minimum Gasteiger partial charge on any atom is -0.484 e. The van der Waals surface area contributed by atoms with Crippen LogP contribution in [0.4, 0.5) is 16.2 Å². The van der Waals surface area contributed by atoms with Gasteiger partial charge in [-0.05, 0) is 42.5 Å². The van der Waals surface area contributed by atoms with Crippen LogP contribution in [-0.2, 0) is 4.79 Å². The molecule has 3 amide bonds. The fraction of sp³-hybridized carbons (Fsp3) is 0.0625. The third kappa shape index (κ3) is 5.02. The Morgan fingerprint density at radius 2 is 1.62 bits per heavy atom. The molecule has 0 spiro atoms. The largest absolute Gasteiger partial charge is 0.484 e. The topological polar surface area (TPSA) is 131 Å². The number of carbonyl (C=O) groups excluding carboxylic acids is 2. The molecular formula is C16H15N3O5. The number of benzene rings is 2.